The lowest BCUT2D eigenvalue weighted by atomic mass is 9.78. The molecule has 2 aromatic carbocycles. The van der Waals surface area contributed by atoms with Gasteiger partial charge in [-0.25, -0.2) is 0 Å². The van der Waals surface area contributed by atoms with Crippen molar-refractivity contribution in [1.82, 2.24) is 0 Å². The van der Waals surface area contributed by atoms with Crippen molar-refractivity contribution >= 4 is 0 Å². The second-order valence-electron chi connectivity index (χ2n) is 8.16. The first-order chi connectivity index (χ1) is 13.3. The van der Waals surface area contributed by atoms with E-state index in [1.165, 1.54) is 22.3 Å². The van der Waals surface area contributed by atoms with Gasteiger partial charge in [0.2, 0.25) is 0 Å². The van der Waals surface area contributed by atoms with Crippen molar-refractivity contribution in [2.24, 2.45) is 5.92 Å². The maximum atomic E-state index is 8.35. The molecule has 0 heterocycles. The summed E-state index contributed by atoms with van der Waals surface area (Å²) in [5.41, 5.74) is 5.43. The molecule has 3 heteroatoms. The van der Waals surface area contributed by atoms with Gasteiger partial charge in [0.25, 0.3) is 0 Å². The Labute approximate surface area is 171 Å². The standard InChI is InChI=1S/C17H20.C8H18O3/c1-13-5-9-15(10-6-13)17(3,4)16-11-7-14(2)8-12-16;1-8(2)7-11-6-5-10-4-3-9/h5-12H,1-4H3;8-9H,3-7H2,1-2H3. The number of rotatable bonds is 9. The molecule has 0 atom stereocenters. The normalized spacial score (nSPS) is 11.3. The van der Waals surface area contributed by atoms with Crippen LogP contribution in [0.5, 0.6) is 0 Å². The molecule has 156 valence electrons. The Kier molecular flexibility index (Phi) is 11.1. The van der Waals surface area contributed by atoms with Crippen molar-refractivity contribution in [1.29, 1.82) is 0 Å². The molecule has 0 aliphatic carbocycles. The molecule has 0 bridgehead atoms. The molecule has 0 amide bonds. The van der Waals surface area contributed by atoms with Crippen molar-refractivity contribution < 1.29 is 14.6 Å². The molecule has 28 heavy (non-hydrogen) atoms. The Morgan fingerprint density at radius 1 is 0.750 bits per heavy atom. The topological polar surface area (TPSA) is 38.7 Å². The Morgan fingerprint density at radius 3 is 1.57 bits per heavy atom. The second-order valence-corrected chi connectivity index (χ2v) is 8.16. The molecule has 0 aromatic heterocycles. The van der Waals surface area contributed by atoms with E-state index in [-0.39, 0.29) is 12.0 Å². The third kappa shape index (κ3) is 9.01. The van der Waals surface area contributed by atoms with Gasteiger partial charge >= 0.3 is 0 Å². The van der Waals surface area contributed by atoms with Gasteiger partial charge in [-0.05, 0) is 30.9 Å². The van der Waals surface area contributed by atoms with Gasteiger partial charge in [-0.2, -0.15) is 0 Å². The van der Waals surface area contributed by atoms with E-state index in [1.54, 1.807) is 0 Å². The highest BCUT2D eigenvalue weighted by Crippen LogP contribution is 2.31. The largest absolute Gasteiger partial charge is 0.394 e. The average Bonchev–Trinajstić information content (AvgIpc) is 2.66. The maximum absolute atomic E-state index is 8.35. The highest BCUT2D eigenvalue weighted by atomic mass is 16.5. The SMILES string of the molecule is CC(C)COCCOCCO.Cc1ccc(C(C)(C)c2ccc(C)cc2)cc1. The summed E-state index contributed by atoms with van der Waals surface area (Å²) in [6.07, 6.45) is 0. The summed E-state index contributed by atoms with van der Waals surface area (Å²) < 4.78 is 10.2. The number of aliphatic hydroxyl groups excluding tert-OH is 1. The van der Waals surface area contributed by atoms with E-state index in [0.29, 0.717) is 25.7 Å². The first-order valence-corrected chi connectivity index (χ1v) is 10.2. The van der Waals surface area contributed by atoms with Gasteiger partial charge in [-0.15, -0.1) is 0 Å². The van der Waals surface area contributed by atoms with Crippen molar-refractivity contribution in [3.05, 3.63) is 70.8 Å². The molecule has 2 aromatic rings. The van der Waals surface area contributed by atoms with Gasteiger partial charge in [0.15, 0.2) is 0 Å². The minimum Gasteiger partial charge on any atom is -0.394 e. The molecule has 0 radical (unpaired) electrons. The van der Waals surface area contributed by atoms with Crippen molar-refractivity contribution in [2.75, 3.05) is 33.0 Å². The molecule has 1 N–H and O–H groups in total. The minimum absolute atomic E-state index is 0.0708. The van der Waals surface area contributed by atoms with Crippen LogP contribution < -0.4 is 0 Å². The lowest BCUT2D eigenvalue weighted by Gasteiger charge is -2.26. The van der Waals surface area contributed by atoms with Crippen LogP contribution in [-0.4, -0.2) is 38.1 Å². The molecule has 3 nitrogen and oxygen atoms in total. The zero-order valence-electron chi connectivity index (χ0n) is 18.5. The van der Waals surface area contributed by atoms with Gasteiger partial charge in [-0.3, -0.25) is 0 Å². The van der Waals surface area contributed by atoms with Crippen LogP contribution in [0.25, 0.3) is 0 Å². The van der Waals surface area contributed by atoms with Gasteiger partial charge in [0.1, 0.15) is 0 Å². The lowest BCUT2D eigenvalue weighted by Crippen LogP contribution is -2.18. The van der Waals surface area contributed by atoms with Crippen molar-refractivity contribution in [2.45, 2.75) is 47.0 Å². The molecule has 0 unspecified atom stereocenters. The van der Waals surface area contributed by atoms with Gasteiger partial charge in [-0.1, -0.05) is 87.4 Å². The highest BCUT2D eigenvalue weighted by molar-refractivity contribution is 5.39. The monoisotopic (exact) mass is 386 g/mol. The maximum Gasteiger partial charge on any atom is 0.0701 e. The summed E-state index contributed by atoms with van der Waals surface area (Å²) in [7, 11) is 0. The molecule has 0 saturated heterocycles. The fraction of sp³-hybridized carbons (Fsp3) is 0.520. The molecule has 2 rings (SSSR count). The zero-order valence-corrected chi connectivity index (χ0v) is 18.5. The van der Waals surface area contributed by atoms with Gasteiger partial charge < -0.3 is 14.6 Å². The number of ether oxygens (including phenoxy) is 2. The van der Waals surface area contributed by atoms with Crippen LogP contribution in [0.3, 0.4) is 0 Å². The average molecular weight is 387 g/mol. The molecular weight excluding hydrogens is 348 g/mol. The van der Waals surface area contributed by atoms with E-state index in [2.05, 4.69) is 90.1 Å². The van der Waals surface area contributed by atoms with Crippen molar-refractivity contribution in [3.8, 4) is 0 Å². The fourth-order valence-corrected chi connectivity index (χ4v) is 2.71. The number of benzene rings is 2. The van der Waals surface area contributed by atoms with Crippen LogP contribution >= 0.6 is 0 Å². The Hall–Kier alpha value is -1.68. The third-order valence-corrected chi connectivity index (χ3v) is 4.61. The molecular formula is C25H38O3. The smallest absolute Gasteiger partial charge is 0.0701 e. The Bertz CT molecular complexity index is 595. The van der Waals surface area contributed by atoms with E-state index in [9.17, 15) is 0 Å². The van der Waals surface area contributed by atoms with Crippen LogP contribution in [0.15, 0.2) is 48.5 Å². The summed E-state index contributed by atoms with van der Waals surface area (Å²) in [6, 6.07) is 17.7. The molecule has 0 spiro atoms. The third-order valence-electron chi connectivity index (χ3n) is 4.61. The van der Waals surface area contributed by atoms with Crippen LogP contribution in [0.1, 0.15) is 49.9 Å². The molecule has 0 aliphatic rings. The number of aryl methyl sites for hydroxylation is 2. The van der Waals surface area contributed by atoms with E-state index < -0.39 is 0 Å². The predicted octanol–water partition coefficient (Wildman–Crippen LogP) is 5.30. The summed E-state index contributed by atoms with van der Waals surface area (Å²) in [4.78, 5) is 0. The van der Waals surface area contributed by atoms with E-state index in [1.807, 2.05) is 0 Å². The summed E-state index contributed by atoms with van der Waals surface area (Å²) in [5, 5.41) is 8.35. The summed E-state index contributed by atoms with van der Waals surface area (Å²) >= 11 is 0. The molecule has 0 fully saturated rings. The minimum atomic E-state index is 0.0708. The Balaban J connectivity index is 0.000000311. The van der Waals surface area contributed by atoms with Gasteiger partial charge in [0.05, 0.1) is 26.4 Å². The Morgan fingerprint density at radius 2 is 1.18 bits per heavy atom. The van der Waals surface area contributed by atoms with E-state index in [4.69, 9.17) is 14.6 Å². The second kappa shape index (κ2) is 12.7. The summed E-state index contributed by atoms with van der Waals surface area (Å²) in [5.74, 6) is 0.577. The number of hydrogen-bond acceptors (Lipinski definition) is 3. The predicted molar refractivity (Wildman–Crippen MR) is 118 cm³/mol. The lowest BCUT2D eigenvalue weighted by molar-refractivity contribution is 0.0255. The summed E-state index contributed by atoms with van der Waals surface area (Å²) in [6.45, 7) is 15.5. The fourth-order valence-electron chi connectivity index (χ4n) is 2.71. The molecule has 0 saturated carbocycles. The van der Waals surface area contributed by atoms with E-state index in [0.717, 1.165) is 6.61 Å². The quantitative estimate of drug-likeness (QED) is 0.595. The molecule has 0 aliphatic heterocycles. The van der Waals surface area contributed by atoms with Crippen molar-refractivity contribution in [3.63, 3.8) is 0 Å². The first kappa shape index (κ1) is 24.4. The van der Waals surface area contributed by atoms with Crippen LogP contribution in [-0.2, 0) is 14.9 Å². The highest BCUT2D eigenvalue weighted by Gasteiger charge is 2.22. The van der Waals surface area contributed by atoms with E-state index >= 15 is 0 Å². The number of aliphatic hydroxyl groups is 1. The van der Waals surface area contributed by atoms with Crippen LogP contribution in [0.2, 0.25) is 0 Å². The zero-order chi connectivity index (χ0) is 21.0. The number of hydrogen-bond donors (Lipinski definition) is 1. The van der Waals surface area contributed by atoms with Crippen LogP contribution in [0.4, 0.5) is 0 Å². The van der Waals surface area contributed by atoms with Crippen LogP contribution in [0, 0.1) is 19.8 Å². The van der Waals surface area contributed by atoms with Gasteiger partial charge in [0, 0.05) is 12.0 Å². The first-order valence-electron chi connectivity index (χ1n) is 10.2.